The van der Waals surface area contributed by atoms with Crippen molar-refractivity contribution in [3.05, 3.63) is 70.7 Å². The lowest BCUT2D eigenvalue weighted by Gasteiger charge is -2.15. The number of hydrogen-bond acceptors (Lipinski definition) is 2. The van der Waals surface area contributed by atoms with Gasteiger partial charge in [-0.2, -0.15) is 0 Å². The topological polar surface area (TPSA) is 46.1 Å². The van der Waals surface area contributed by atoms with Gasteiger partial charge in [0, 0.05) is 10.6 Å². The summed E-state index contributed by atoms with van der Waals surface area (Å²) in [5.41, 5.74) is 2.31. The lowest BCUT2D eigenvalue weighted by molar-refractivity contribution is -0.698. The Hall–Kier alpha value is -1.39. The molecule has 4 heteroatoms. The normalized spacial score (nSPS) is 13.8. The van der Waals surface area contributed by atoms with E-state index in [4.69, 9.17) is 16.3 Å². The van der Waals surface area contributed by atoms with Crippen molar-refractivity contribution in [3.63, 3.8) is 0 Å². The molecule has 0 aliphatic carbocycles. The summed E-state index contributed by atoms with van der Waals surface area (Å²) in [7, 11) is 0. The van der Waals surface area contributed by atoms with E-state index >= 15 is 0 Å². The molecular formula is C18H23ClNO2+. The average Bonchev–Trinajstić information content (AvgIpc) is 2.55. The molecule has 0 spiro atoms. The summed E-state index contributed by atoms with van der Waals surface area (Å²) in [5.74, 6) is 0. The molecule has 2 rings (SSSR count). The second-order valence-corrected chi connectivity index (χ2v) is 5.90. The van der Waals surface area contributed by atoms with Gasteiger partial charge in [0.1, 0.15) is 18.7 Å². The first-order valence-electron chi connectivity index (χ1n) is 7.53. The highest BCUT2D eigenvalue weighted by molar-refractivity contribution is 6.30. The Morgan fingerprint density at radius 2 is 1.77 bits per heavy atom. The average molecular weight is 321 g/mol. The Morgan fingerprint density at radius 1 is 1.09 bits per heavy atom. The van der Waals surface area contributed by atoms with Gasteiger partial charge in [0.05, 0.1) is 13.2 Å². The van der Waals surface area contributed by atoms with Crippen LogP contribution in [-0.2, 0) is 11.3 Å². The van der Waals surface area contributed by atoms with Gasteiger partial charge in [-0.15, -0.1) is 0 Å². The van der Waals surface area contributed by atoms with E-state index in [1.165, 1.54) is 5.56 Å². The number of hydrogen-bond donors (Lipinski definition) is 2. The summed E-state index contributed by atoms with van der Waals surface area (Å²) >= 11 is 5.83. The number of ether oxygens (including phenoxy) is 1. The van der Waals surface area contributed by atoms with Crippen LogP contribution >= 0.6 is 11.6 Å². The maximum atomic E-state index is 9.99. The number of halogens is 1. The molecule has 0 heterocycles. The molecule has 118 valence electrons. The SMILES string of the molecule is C[C@H]([NH2+]C[C@H](O)COCc1ccc(Cl)cc1)c1ccccc1. The van der Waals surface area contributed by atoms with Gasteiger partial charge in [0.2, 0.25) is 0 Å². The maximum Gasteiger partial charge on any atom is 0.126 e. The molecule has 0 amide bonds. The molecule has 22 heavy (non-hydrogen) atoms. The van der Waals surface area contributed by atoms with Crippen LogP contribution in [0.1, 0.15) is 24.1 Å². The molecule has 0 bridgehead atoms. The van der Waals surface area contributed by atoms with Gasteiger partial charge in [-0.1, -0.05) is 54.1 Å². The highest BCUT2D eigenvalue weighted by atomic mass is 35.5. The fraction of sp³-hybridized carbons (Fsp3) is 0.333. The van der Waals surface area contributed by atoms with Gasteiger partial charge >= 0.3 is 0 Å². The maximum absolute atomic E-state index is 9.99. The monoisotopic (exact) mass is 320 g/mol. The van der Waals surface area contributed by atoms with Crippen LogP contribution in [0.2, 0.25) is 5.02 Å². The zero-order chi connectivity index (χ0) is 15.8. The summed E-state index contributed by atoms with van der Waals surface area (Å²) in [4.78, 5) is 0. The van der Waals surface area contributed by atoms with Crippen molar-refractivity contribution in [2.45, 2.75) is 25.7 Å². The molecule has 0 radical (unpaired) electrons. The predicted molar refractivity (Wildman–Crippen MR) is 88.8 cm³/mol. The third-order valence-corrected chi connectivity index (χ3v) is 3.83. The van der Waals surface area contributed by atoms with Crippen LogP contribution in [0.4, 0.5) is 0 Å². The van der Waals surface area contributed by atoms with Crippen molar-refractivity contribution in [1.82, 2.24) is 0 Å². The van der Waals surface area contributed by atoms with Crippen LogP contribution < -0.4 is 5.32 Å². The van der Waals surface area contributed by atoms with Crippen molar-refractivity contribution in [3.8, 4) is 0 Å². The van der Waals surface area contributed by atoms with E-state index < -0.39 is 6.10 Å². The first-order valence-corrected chi connectivity index (χ1v) is 7.91. The van der Waals surface area contributed by atoms with Crippen LogP contribution in [0, 0.1) is 0 Å². The quantitative estimate of drug-likeness (QED) is 0.785. The van der Waals surface area contributed by atoms with E-state index in [2.05, 4.69) is 24.4 Å². The second-order valence-electron chi connectivity index (χ2n) is 5.47. The van der Waals surface area contributed by atoms with Crippen molar-refractivity contribution < 1.29 is 15.2 Å². The molecule has 3 N–H and O–H groups in total. The van der Waals surface area contributed by atoms with Gasteiger partial charge in [-0.25, -0.2) is 0 Å². The van der Waals surface area contributed by atoms with E-state index in [0.29, 0.717) is 30.8 Å². The van der Waals surface area contributed by atoms with Gasteiger partial charge < -0.3 is 15.2 Å². The number of benzene rings is 2. The van der Waals surface area contributed by atoms with Crippen molar-refractivity contribution in [1.29, 1.82) is 0 Å². The van der Waals surface area contributed by atoms with E-state index in [1.807, 2.05) is 42.5 Å². The van der Waals surface area contributed by atoms with Crippen LogP contribution in [0.15, 0.2) is 54.6 Å². The Kier molecular flexibility index (Phi) is 6.87. The first kappa shape index (κ1) is 17.0. The highest BCUT2D eigenvalue weighted by Crippen LogP contribution is 2.10. The van der Waals surface area contributed by atoms with E-state index in [0.717, 1.165) is 5.56 Å². The molecule has 3 nitrogen and oxygen atoms in total. The predicted octanol–water partition coefficient (Wildman–Crippen LogP) is 2.54. The number of nitrogens with two attached hydrogens (primary N) is 1. The number of aliphatic hydroxyl groups excluding tert-OH is 1. The molecule has 2 aromatic rings. The Morgan fingerprint density at radius 3 is 2.45 bits per heavy atom. The van der Waals surface area contributed by atoms with Crippen LogP contribution in [0.25, 0.3) is 0 Å². The Bertz CT molecular complexity index is 545. The molecule has 2 aromatic carbocycles. The van der Waals surface area contributed by atoms with E-state index in [1.54, 1.807) is 0 Å². The summed E-state index contributed by atoms with van der Waals surface area (Å²) in [6, 6.07) is 18.1. The lowest BCUT2D eigenvalue weighted by atomic mass is 10.1. The third-order valence-electron chi connectivity index (χ3n) is 3.58. The zero-order valence-corrected chi connectivity index (χ0v) is 13.5. The van der Waals surface area contributed by atoms with Crippen molar-refractivity contribution in [2.24, 2.45) is 0 Å². The molecule has 0 unspecified atom stereocenters. The minimum absolute atomic E-state index is 0.326. The Labute approximate surface area is 136 Å². The lowest BCUT2D eigenvalue weighted by Crippen LogP contribution is -2.87. The van der Waals surface area contributed by atoms with Gasteiger partial charge in [0.15, 0.2) is 0 Å². The molecular weight excluding hydrogens is 298 g/mol. The minimum Gasteiger partial charge on any atom is -0.385 e. The zero-order valence-electron chi connectivity index (χ0n) is 12.8. The molecule has 0 aromatic heterocycles. The van der Waals surface area contributed by atoms with Gasteiger partial charge in [-0.05, 0) is 24.6 Å². The summed E-state index contributed by atoms with van der Waals surface area (Å²) < 4.78 is 5.55. The highest BCUT2D eigenvalue weighted by Gasteiger charge is 2.12. The van der Waals surface area contributed by atoms with Gasteiger partial charge in [0.25, 0.3) is 0 Å². The van der Waals surface area contributed by atoms with Crippen molar-refractivity contribution >= 4 is 11.6 Å². The van der Waals surface area contributed by atoms with Crippen LogP contribution in [-0.4, -0.2) is 24.4 Å². The summed E-state index contributed by atoms with van der Waals surface area (Å²) in [6.07, 6.45) is -0.474. The summed E-state index contributed by atoms with van der Waals surface area (Å²) in [6.45, 7) is 3.58. The largest absolute Gasteiger partial charge is 0.385 e. The molecule has 2 atom stereocenters. The van der Waals surface area contributed by atoms with E-state index in [-0.39, 0.29) is 0 Å². The Balaban J connectivity index is 1.65. The fourth-order valence-electron chi connectivity index (χ4n) is 2.22. The minimum atomic E-state index is -0.474. The number of aliphatic hydroxyl groups is 1. The smallest absolute Gasteiger partial charge is 0.126 e. The standard InChI is InChI=1S/C18H22ClNO2/c1-14(16-5-3-2-4-6-16)20-11-18(21)13-22-12-15-7-9-17(19)10-8-15/h2-10,14,18,20-21H,11-13H2,1H3/p+1/t14-,18-/m0/s1. The van der Waals surface area contributed by atoms with Crippen LogP contribution in [0.3, 0.4) is 0 Å². The summed E-state index contributed by atoms with van der Waals surface area (Å²) in [5, 5.41) is 12.8. The van der Waals surface area contributed by atoms with Gasteiger partial charge in [-0.3, -0.25) is 0 Å². The molecule has 0 aliphatic heterocycles. The van der Waals surface area contributed by atoms with E-state index in [9.17, 15) is 5.11 Å². The third kappa shape index (κ3) is 5.78. The molecule has 0 aliphatic rings. The molecule has 0 fully saturated rings. The number of rotatable bonds is 8. The van der Waals surface area contributed by atoms with Crippen LogP contribution in [0.5, 0.6) is 0 Å². The van der Waals surface area contributed by atoms with Crippen molar-refractivity contribution in [2.75, 3.05) is 13.2 Å². The molecule has 0 saturated heterocycles. The molecule has 0 saturated carbocycles. The number of quaternary nitrogens is 1. The fourth-order valence-corrected chi connectivity index (χ4v) is 2.34. The second kappa shape index (κ2) is 8.91. The first-order chi connectivity index (χ1) is 10.6.